The minimum Gasteiger partial charge on any atom is -0.468 e. The molecule has 0 bridgehead atoms. The Morgan fingerprint density at radius 1 is 1.24 bits per heavy atom. The fraction of sp³-hybridized carbons (Fsp3) is 0.385. The second-order valence-corrected chi connectivity index (χ2v) is 4.70. The Morgan fingerprint density at radius 3 is 2.24 bits per heavy atom. The monoisotopic (exact) mass is 252 g/mol. The molecule has 3 nitrogen and oxygen atoms in total. The second-order valence-electron chi connectivity index (χ2n) is 4.26. The Hall–Kier alpha value is -1.35. The maximum atomic E-state index is 12.3. The number of halogens is 1. The molecular weight excluding hydrogens is 240 g/mol. The van der Waals surface area contributed by atoms with E-state index in [-0.39, 0.29) is 5.78 Å². The van der Waals surface area contributed by atoms with Gasteiger partial charge in [-0.2, -0.15) is 0 Å². The first kappa shape index (κ1) is 12.1. The second kappa shape index (κ2) is 4.49. The number of carbonyl (C=O) groups excluding carboxylic acids is 2. The molecular formula is C13H13ClO3. The van der Waals surface area contributed by atoms with Crippen molar-refractivity contribution in [2.24, 2.45) is 5.41 Å². The van der Waals surface area contributed by atoms with Gasteiger partial charge >= 0.3 is 5.97 Å². The summed E-state index contributed by atoms with van der Waals surface area (Å²) in [6.07, 6.45) is 2.02. The molecule has 0 unspecified atom stereocenters. The summed E-state index contributed by atoms with van der Waals surface area (Å²) in [6.45, 7) is 0. The average Bonchev–Trinajstić information content (AvgIpc) is 2.28. The Balaban J connectivity index is 2.29. The van der Waals surface area contributed by atoms with Gasteiger partial charge in [0.25, 0.3) is 0 Å². The fourth-order valence-corrected chi connectivity index (χ4v) is 2.25. The molecule has 1 aromatic carbocycles. The summed E-state index contributed by atoms with van der Waals surface area (Å²) >= 11 is 5.77. The van der Waals surface area contributed by atoms with Crippen LogP contribution in [0.4, 0.5) is 0 Å². The fourth-order valence-electron chi connectivity index (χ4n) is 2.13. The summed E-state index contributed by atoms with van der Waals surface area (Å²) in [5.41, 5.74) is -0.442. The maximum Gasteiger partial charge on any atom is 0.319 e. The maximum absolute atomic E-state index is 12.3. The summed E-state index contributed by atoms with van der Waals surface area (Å²) < 4.78 is 4.74. The minimum absolute atomic E-state index is 0.160. The van der Waals surface area contributed by atoms with Gasteiger partial charge in [0.15, 0.2) is 5.78 Å². The third-order valence-electron chi connectivity index (χ3n) is 3.32. The van der Waals surface area contributed by atoms with E-state index in [0.29, 0.717) is 23.4 Å². The van der Waals surface area contributed by atoms with Crippen LogP contribution in [0.3, 0.4) is 0 Å². The van der Waals surface area contributed by atoms with Crippen LogP contribution in [0.15, 0.2) is 24.3 Å². The van der Waals surface area contributed by atoms with Gasteiger partial charge in [0.05, 0.1) is 7.11 Å². The van der Waals surface area contributed by atoms with Gasteiger partial charge in [0, 0.05) is 10.6 Å². The van der Waals surface area contributed by atoms with Crippen LogP contribution < -0.4 is 0 Å². The normalized spacial score (nSPS) is 17.1. The molecule has 0 aromatic heterocycles. The van der Waals surface area contributed by atoms with Crippen molar-refractivity contribution in [1.82, 2.24) is 0 Å². The van der Waals surface area contributed by atoms with Gasteiger partial charge in [-0.15, -0.1) is 0 Å². The molecule has 1 fully saturated rings. The lowest BCUT2D eigenvalue weighted by atomic mass is 9.64. The number of carbonyl (C=O) groups is 2. The quantitative estimate of drug-likeness (QED) is 0.472. The Labute approximate surface area is 105 Å². The van der Waals surface area contributed by atoms with Gasteiger partial charge in [-0.1, -0.05) is 18.0 Å². The predicted octanol–water partition coefficient (Wildman–Crippen LogP) is 2.87. The highest BCUT2D eigenvalue weighted by atomic mass is 35.5. The van der Waals surface area contributed by atoms with Crippen LogP contribution in [0.1, 0.15) is 29.6 Å². The molecule has 0 spiro atoms. The molecule has 1 aliphatic rings. The largest absolute Gasteiger partial charge is 0.468 e. The summed E-state index contributed by atoms with van der Waals surface area (Å²) in [5.74, 6) is -0.587. The van der Waals surface area contributed by atoms with Crippen LogP contribution in [0, 0.1) is 5.41 Å². The summed E-state index contributed by atoms with van der Waals surface area (Å²) in [5, 5.41) is 0.572. The van der Waals surface area contributed by atoms with Gasteiger partial charge in [-0.3, -0.25) is 9.59 Å². The molecule has 0 saturated heterocycles. The van der Waals surface area contributed by atoms with Crippen molar-refractivity contribution >= 4 is 23.4 Å². The van der Waals surface area contributed by atoms with E-state index in [0.717, 1.165) is 6.42 Å². The zero-order valence-corrected chi connectivity index (χ0v) is 10.3. The van der Waals surface area contributed by atoms with Crippen molar-refractivity contribution in [2.75, 3.05) is 7.11 Å². The molecule has 0 radical (unpaired) electrons. The van der Waals surface area contributed by atoms with Crippen molar-refractivity contribution in [1.29, 1.82) is 0 Å². The number of benzene rings is 1. The molecule has 4 heteroatoms. The summed E-state index contributed by atoms with van der Waals surface area (Å²) in [7, 11) is 1.32. The minimum atomic E-state index is -0.956. The molecule has 0 N–H and O–H groups in total. The van der Waals surface area contributed by atoms with E-state index in [4.69, 9.17) is 16.3 Å². The lowest BCUT2D eigenvalue weighted by Gasteiger charge is -2.37. The summed E-state index contributed by atoms with van der Waals surface area (Å²) in [4.78, 5) is 24.0. The van der Waals surface area contributed by atoms with Crippen molar-refractivity contribution in [2.45, 2.75) is 19.3 Å². The average molecular weight is 253 g/mol. The number of rotatable bonds is 3. The standard InChI is InChI=1S/C13H13ClO3/c1-17-12(16)13(7-2-8-13)11(15)9-3-5-10(14)6-4-9/h3-6H,2,7-8H2,1H3. The molecule has 0 atom stereocenters. The van der Waals surface area contributed by atoms with Crippen LogP contribution in [-0.4, -0.2) is 18.9 Å². The van der Waals surface area contributed by atoms with E-state index in [1.807, 2.05) is 0 Å². The molecule has 17 heavy (non-hydrogen) atoms. The highest BCUT2D eigenvalue weighted by Gasteiger charge is 2.51. The Kier molecular flexibility index (Phi) is 3.20. The van der Waals surface area contributed by atoms with Crippen molar-refractivity contribution in [3.8, 4) is 0 Å². The predicted molar refractivity (Wildman–Crippen MR) is 64.1 cm³/mol. The first-order chi connectivity index (χ1) is 8.10. The molecule has 0 heterocycles. The van der Waals surface area contributed by atoms with Gasteiger partial charge in [0.1, 0.15) is 5.41 Å². The van der Waals surface area contributed by atoms with Crippen LogP contribution >= 0.6 is 11.6 Å². The first-order valence-corrected chi connectivity index (χ1v) is 5.87. The number of Topliss-reactive ketones (excluding diaryl/α,β-unsaturated/α-hetero) is 1. The van der Waals surface area contributed by atoms with E-state index >= 15 is 0 Å². The van der Waals surface area contributed by atoms with Crippen LogP contribution in [-0.2, 0) is 9.53 Å². The Morgan fingerprint density at radius 2 is 1.82 bits per heavy atom. The molecule has 0 aliphatic heterocycles. The molecule has 90 valence electrons. The lowest BCUT2D eigenvalue weighted by molar-refractivity contribution is -0.153. The number of ketones is 1. The van der Waals surface area contributed by atoms with Gasteiger partial charge < -0.3 is 4.74 Å². The SMILES string of the molecule is COC(=O)C1(C(=O)c2ccc(Cl)cc2)CCC1. The number of hydrogen-bond donors (Lipinski definition) is 0. The highest BCUT2D eigenvalue weighted by Crippen LogP contribution is 2.44. The van der Waals surface area contributed by atoms with Crippen molar-refractivity contribution in [3.05, 3.63) is 34.9 Å². The van der Waals surface area contributed by atoms with Crippen LogP contribution in [0.25, 0.3) is 0 Å². The van der Waals surface area contributed by atoms with E-state index in [9.17, 15) is 9.59 Å². The van der Waals surface area contributed by atoms with E-state index in [1.165, 1.54) is 7.11 Å². The summed E-state index contributed by atoms with van der Waals surface area (Å²) in [6, 6.07) is 6.60. The first-order valence-electron chi connectivity index (χ1n) is 5.49. The Bertz CT molecular complexity index is 446. The van der Waals surface area contributed by atoms with E-state index in [1.54, 1.807) is 24.3 Å². The van der Waals surface area contributed by atoms with Crippen molar-refractivity contribution in [3.63, 3.8) is 0 Å². The molecule has 2 rings (SSSR count). The number of ether oxygens (including phenoxy) is 1. The highest BCUT2D eigenvalue weighted by molar-refractivity contribution is 6.30. The van der Waals surface area contributed by atoms with E-state index < -0.39 is 11.4 Å². The number of methoxy groups -OCH3 is 1. The van der Waals surface area contributed by atoms with Gasteiger partial charge in [-0.25, -0.2) is 0 Å². The third kappa shape index (κ3) is 1.95. The molecule has 1 aromatic rings. The number of hydrogen-bond acceptors (Lipinski definition) is 3. The van der Waals surface area contributed by atoms with E-state index in [2.05, 4.69) is 0 Å². The topological polar surface area (TPSA) is 43.4 Å². The smallest absolute Gasteiger partial charge is 0.319 e. The van der Waals surface area contributed by atoms with Gasteiger partial charge in [0.2, 0.25) is 0 Å². The molecule has 0 amide bonds. The van der Waals surface area contributed by atoms with Crippen LogP contribution in [0.2, 0.25) is 5.02 Å². The zero-order chi connectivity index (χ0) is 12.5. The molecule has 1 saturated carbocycles. The lowest BCUT2D eigenvalue weighted by Crippen LogP contribution is -2.45. The van der Waals surface area contributed by atoms with Crippen molar-refractivity contribution < 1.29 is 14.3 Å². The van der Waals surface area contributed by atoms with Gasteiger partial charge in [-0.05, 0) is 37.1 Å². The molecule has 1 aliphatic carbocycles. The number of esters is 1. The van der Waals surface area contributed by atoms with Crippen LogP contribution in [0.5, 0.6) is 0 Å². The zero-order valence-electron chi connectivity index (χ0n) is 9.53. The third-order valence-corrected chi connectivity index (χ3v) is 3.58.